The van der Waals surface area contributed by atoms with E-state index in [2.05, 4.69) is 25.9 Å². The van der Waals surface area contributed by atoms with E-state index in [4.69, 9.17) is 0 Å². The van der Waals surface area contributed by atoms with Crippen LogP contribution in [0.2, 0.25) is 0 Å². The molecule has 0 radical (unpaired) electrons. The van der Waals surface area contributed by atoms with Crippen LogP contribution in [0.1, 0.15) is 18.4 Å². The van der Waals surface area contributed by atoms with Gasteiger partial charge in [0.1, 0.15) is 5.76 Å². The van der Waals surface area contributed by atoms with Crippen molar-refractivity contribution >= 4 is 11.0 Å². The minimum Gasteiger partial charge on any atom is -0.505 e. The van der Waals surface area contributed by atoms with Crippen LogP contribution in [-0.4, -0.2) is 40.9 Å². The standard InChI is InChI=1S/C15H13F3N4O.C4H9N/c16-15(17,18)10-7-19-8-13(14(10)23)22-6-9-1-2-11-12(5-9)21-4-3-20-11;1-2-4-5-3-1/h1-5,8,19,22-23H,6-7H2;5H,1-4H2. The Kier molecular flexibility index (Phi) is 6.35. The molecule has 4 N–H and O–H groups in total. The number of rotatable bonds is 3. The number of dihydropyridines is 1. The molecule has 150 valence electrons. The number of fused-ring (bicyclic) bond motifs is 1. The molecule has 0 bridgehead atoms. The highest BCUT2D eigenvalue weighted by molar-refractivity contribution is 5.74. The van der Waals surface area contributed by atoms with E-state index in [1.807, 2.05) is 0 Å². The lowest BCUT2D eigenvalue weighted by Crippen LogP contribution is -2.31. The Morgan fingerprint density at radius 3 is 2.43 bits per heavy atom. The molecule has 0 spiro atoms. The van der Waals surface area contributed by atoms with Crippen molar-refractivity contribution in [2.45, 2.75) is 25.6 Å². The monoisotopic (exact) mass is 393 g/mol. The molecule has 2 aliphatic heterocycles. The molecule has 3 heterocycles. The fraction of sp³-hybridized carbons (Fsp3) is 0.368. The maximum Gasteiger partial charge on any atom is 0.418 e. The minimum absolute atomic E-state index is 0.00261. The Bertz CT molecular complexity index is 868. The third-order valence-corrected chi connectivity index (χ3v) is 4.38. The summed E-state index contributed by atoms with van der Waals surface area (Å²) in [5.74, 6) is -0.781. The van der Waals surface area contributed by atoms with Gasteiger partial charge in [-0.15, -0.1) is 0 Å². The summed E-state index contributed by atoms with van der Waals surface area (Å²) in [6, 6.07) is 5.37. The summed E-state index contributed by atoms with van der Waals surface area (Å²) >= 11 is 0. The van der Waals surface area contributed by atoms with Crippen LogP contribution in [0.3, 0.4) is 0 Å². The van der Waals surface area contributed by atoms with Crippen molar-refractivity contribution in [1.82, 2.24) is 25.9 Å². The fourth-order valence-electron chi connectivity index (χ4n) is 2.88. The van der Waals surface area contributed by atoms with E-state index in [1.54, 1.807) is 30.6 Å². The first-order chi connectivity index (χ1) is 13.4. The molecule has 28 heavy (non-hydrogen) atoms. The number of nitrogens with one attached hydrogen (secondary N) is 3. The topological polar surface area (TPSA) is 82.1 Å². The average molecular weight is 393 g/mol. The molecule has 1 fully saturated rings. The normalized spacial score (nSPS) is 16.9. The number of aliphatic hydroxyl groups excluding tert-OH is 1. The Morgan fingerprint density at radius 1 is 1.07 bits per heavy atom. The van der Waals surface area contributed by atoms with Gasteiger partial charge < -0.3 is 21.1 Å². The van der Waals surface area contributed by atoms with Gasteiger partial charge in [0, 0.05) is 31.7 Å². The van der Waals surface area contributed by atoms with E-state index in [9.17, 15) is 18.3 Å². The molecule has 6 nitrogen and oxygen atoms in total. The van der Waals surface area contributed by atoms with Gasteiger partial charge in [-0.1, -0.05) is 6.07 Å². The van der Waals surface area contributed by atoms with E-state index in [1.165, 1.54) is 32.1 Å². The maximum absolute atomic E-state index is 12.8. The van der Waals surface area contributed by atoms with Crippen molar-refractivity contribution in [2.24, 2.45) is 0 Å². The summed E-state index contributed by atoms with van der Waals surface area (Å²) in [6.07, 6.45) is 2.68. The molecule has 1 saturated heterocycles. The second kappa shape index (κ2) is 8.92. The Balaban J connectivity index is 0.000000391. The molecule has 2 aromatic rings. The van der Waals surface area contributed by atoms with Crippen LogP contribution in [0.4, 0.5) is 13.2 Å². The lowest BCUT2D eigenvalue weighted by Gasteiger charge is -2.21. The molecule has 0 saturated carbocycles. The molecule has 9 heteroatoms. The van der Waals surface area contributed by atoms with Gasteiger partial charge in [0.05, 0.1) is 22.3 Å². The van der Waals surface area contributed by atoms with Crippen molar-refractivity contribution in [3.05, 3.63) is 59.4 Å². The molecule has 0 amide bonds. The van der Waals surface area contributed by atoms with Crippen LogP contribution in [0.5, 0.6) is 0 Å². The number of aromatic nitrogens is 2. The first-order valence-corrected chi connectivity index (χ1v) is 9.02. The summed E-state index contributed by atoms with van der Waals surface area (Å²) in [4.78, 5) is 8.32. The second-order valence-corrected chi connectivity index (χ2v) is 6.45. The maximum atomic E-state index is 12.8. The zero-order chi connectivity index (χ0) is 20.0. The highest BCUT2D eigenvalue weighted by atomic mass is 19.4. The molecule has 0 atom stereocenters. The van der Waals surface area contributed by atoms with Gasteiger partial charge in [0.25, 0.3) is 0 Å². The van der Waals surface area contributed by atoms with Crippen molar-refractivity contribution in [1.29, 1.82) is 0 Å². The first kappa shape index (κ1) is 19.9. The number of halogens is 3. The first-order valence-electron chi connectivity index (χ1n) is 9.02. The fourth-order valence-corrected chi connectivity index (χ4v) is 2.88. The van der Waals surface area contributed by atoms with Gasteiger partial charge in [-0.3, -0.25) is 9.97 Å². The molecule has 2 aliphatic rings. The van der Waals surface area contributed by atoms with Crippen molar-refractivity contribution in [2.75, 3.05) is 19.6 Å². The van der Waals surface area contributed by atoms with Crippen LogP contribution in [-0.2, 0) is 6.54 Å². The van der Waals surface area contributed by atoms with Crippen LogP contribution < -0.4 is 16.0 Å². The molecule has 1 aromatic heterocycles. The highest BCUT2D eigenvalue weighted by Crippen LogP contribution is 2.30. The van der Waals surface area contributed by atoms with Gasteiger partial charge in [-0.05, 0) is 43.6 Å². The third-order valence-electron chi connectivity index (χ3n) is 4.38. The SMILES string of the molecule is C1CCNC1.OC1=C(C(F)(F)F)CNC=C1NCc1ccc2nccnc2c1. The van der Waals surface area contributed by atoms with Crippen molar-refractivity contribution in [3.63, 3.8) is 0 Å². The zero-order valence-electron chi connectivity index (χ0n) is 15.2. The van der Waals surface area contributed by atoms with Crippen LogP contribution in [0.15, 0.2) is 53.8 Å². The van der Waals surface area contributed by atoms with Crippen LogP contribution in [0, 0.1) is 0 Å². The van der Waals surface area contributed by atoms with Gasteiger partial charge in [-0.2, -0.15) is 13.2 Å². The van der Waals surface area contributed by atoms with Crippen LogP contribution in [0.25, 0.3) is 11.0 Å². The van der Waals surface area contributed by atoms with Crippen LogP contribution >= 0.6 is 0 Å². The Morgan fingerprint density at radius 2 is 1.79 bits per heavy atom. The van der Waals surface area contributed by atoms with Gasteiger partial charge in [0.15, 0.2) is 0 Å². The van der Waals surface area contributed by atoms with Crippen molar-refractivity contribution in [3.8, 4) is 0 Å². The number of aliphatic hydroxyl groups is 1. The molecular weight excluding hydrogens is 371 g/mol. The largest absolute Gasteiger partial charge is 0.505 e. The Labute approximate surface area is 160 Å². The summed E-state index contributed by atoms with van der Waals surface area (Å²) < 4.78 is 38.3. The zero-order valence-corrected chi connectivity index (χ0v) is 15.2. The lowest BCUT2D eigenvalue weighted by molar-refractivity contribution is -0.0956. The summed E-state index contributed by atoms with van der Waals surface area (Å²) in [7, 11) is 0. The highest BCUT2D eigenvalue weighted by Gasteiger charge is 2.38. The summed E-state index contributed by atoms with van der Waals surface area (Å²) in [5, 5.41) is 18.3. The quantitative estimate of drug-likeness (QED) is 0.642. The number of hydrogen-bond acceptors (Lipinski definition) is 6. The smallest absolute Gasteiger partial charge is 0.418 e. The van der Waals surface area contributed by atoms with E-state index in [0.29, 0.717) is 5.52 Å². The minimum atomic E-state index is -4.57. The number of hydrogen-bond donors (Lipinski definition) is 4. The second-order valence-electron chi connectivity index (χ2n) is 6.45. The molecule has 4 rings (SSSR count). The summed E-state index contributed by atoms with van der Waals surface area (Å²) in [6.45, 7) is 2.29. The predicted molar refractivity (Wildman–Crippen MR) is 100 cm³/mol. The average Bonchev–Trinajstić information content (AvgIpc) is 3.26. The summed E-state index contributed by atoms with van der Waals surface area (Å²) in [5.41, 5.74) is 1.25. The molecule has 0 aliphatic carbocycles. The van der Waals surface area contributed by atoms with Crippen molar-refractivity contribution < 1.29 is 18.3 Å². The van der Waals surface area contributed by atoms with Gasteiger partial charge >= 0.3 is 6.18 Å². The molecular formula is C19H22F3N5O. The Hall–Kier alpha value is -2.81. The van der Waals surface area contributed by atoms with E-state index >= 15 is 0 Å². The van der Waals surface area contributed by atoms with Gasteiger partial charge in [-0.25, -0.2) is 0 Å². The number of benzene rings is 1. The van der Waals surface area contributed by atoms with Gasteiger partial charge in [0.2, 0.25) is 0 Å². The molecule has 0 unspecified atom stereocenters. The third kappa shape index (κ3) is 5.13. The number of alkyl halides is 3. The predicted octanol–water partition coefficient (Wildman–Crippen LogP) is 2.91. The van der Waals surface area contributed by atoms with E-state index < -0.39 is 24.1 Å². The lowest BCUT2D eigenvalue weighted by atomic mass is 10.1. The van der Waals surface area contributed by atoms with E-state index in [-0.39, 0.29) is 12.2 Å². The number of nitrogens with zero attached hydrogens (tertiary/aromatic N) is 2. The van der Waals surface area contributed by atoms with E-state index in [0.717, 1.165) is 11.1 Å². The molecule has 1 aromatic carbocycles.